The first-order valence-electron chi connectivity index (χ1n) is 8.33. The van der Waals surface area contributed by atoms with Gasteiger partial charge in [-0.05, 0) is 25.3 Å². The van der Waals surface area contributed by atoms with Crippen LogP contribution in [0.1, 0.15) is 37.7 Å². The quantitative estimate of drug-likeness (QED) is 0.896. The van der Waals surface area contributed by atoms with Gasteiger partial charge in [0.1, 0.15) is 5.82 Å². The number of halogens is 1. The topological polar surface area (TPSA) is 66.5 Å². The molecule has 1 amide bonds. The minimum Gasteiger partial charge on any atom is -0.340 e. The fourth-order valence-corrected chi connectivity index (χ4v) is 4.87. The van der Waals surface area contributed by atoms with Gasteiger partial charge < -0.3 is 4.90 Å². The van der Waals surface area contributed by atoms with E-state index in [1.54, 1.807) is 23.1 Å². The van der Waals surface area contributed by atoms with Gasteiger partial charge in [-0.3, -0.25) is 4.79 Å². The molecule has 1 heterocycles. The van der Waals surface area contributed by atoms with Crippen LogP contribution in [0.2, 0.25) is 0 Å². The highest BCUT2D eigenvalue weighted by atomic mass is 32.2. The van der Waals surface area contributed by atoms with E-state index < -0.39 is 15.4 Å². The highest BCUT2D eigenvalue weighted by Crippen LogP contribution is 2.44. The number of carbonyl (C=O) groups is 1. The average molecular weight is 354 g/mol. The van der Waals surface area contributed by atoms with Crippen molar-refractivity contribution >= 4 is 15.9 Å². The van der Waals surface area contributed by atoms with Gasteiger partial charge in [0.25, 0.3) is 0 Å². The van der Waals surface area contributed by atoms with Crippen molar-refractivity contribution in [2.75, 3.05) is 19.3 Å². The maximum Gasteiger partial charge on any atom is 0.233 e. The summed E-state index contributed by atoms with van der Waals surface area (Å²) in [4.78, 5) is 14.9. The number of rotatable bonds is 4. The largest absolute Gasteiger partial charge is 0.340 e. The molecule has 1 unspecified atom stereocenters. The van der Waals surface area contributed by atoms with Gasteiger partial charge in [-0.15, -0.1) is 0 Å². The van der Waals surface area contributed by atoms with Crippen LogP contribution in [0.3, 0.4) is 0 Å². The zero-order valence-corrected chi connectivity index (χ0v) is 14.6. The van der Waals surface area contributed by atoms with E-state index in [4.69, 9.17) is 0 Å². The molecule has 1 saturated carbocycles. The number of nitrogens with zero attached hydrogens (tertiary/aromatic N) is 1. The second-order valence-corrected chi connectivity index (χ2v) is 8.68. The Morgan fingerprint density at radius 1 is 1.29 bits per heavy atom. The van der Waals surface area contributed by atoms with Crippen LogP contribution in [0.15, 0.2) is 24.3 Å². The molecule has 0 radical (unpaired) electrons. The van der Waals surface area contributed by atoms with E-state index in [0.717, 1.165) is 19.1 Å². The standard InChI is InChI=1S/C17H23FN2O3S/c1-24(22,23)19-13-8-11-20(12-13)16(21)17(9-4-5-10-17)14-6-2-3-7-15(14)18/h2-3,6-7,13,19H,4-5,8-12H2,1H3. The molecule has 132 valence electrons. The average Bonchev–Trinajstić information content (AvgIpc) is 3.15. The van der Waals surface area contributed by atoms with E-state index in [-0.39, 0.29) is 17.8 Å². The van der Waals surface area contributed by atoms with Gasteiger partial charge in [0.2, 0.25) is 15.9 Å². The van der Waals surface area contributed by atoms with Gasteiger partial charge >= 0.3 is 0 Å². The van der Waals surface area contributed by atoms with Crippen LogP contribution in [-0.2, 0) is 20.2 Å². The lowest BCUT2D eigenvalue weighted by Gasteiger charge is -2.33. The number of amides is 1. The second kappa shape index (κ2) is 6.44. The van der Waals surface area contributed by atoms with Gasteiger partial charge in [0.05, 0.1) is 11.7 Å². The van der Waals surface area contributed by atoms with Crippen LogP contribution < -0.4 is 4.72 Å². The zero-order valence-electron chi connectivity index (χ0n) is 13.8. The molecule has 7 heteroatoms. The Hall–Kier alpha value is -1.47. The van der Waals surface area contributed by atoms with Gasteiger partial charge in [-0.25, -0.2) is 17.5 Å². The van der Waals surface area contributed by atoms with Crippen LogP contribution >= 0.6 is 0 Å². The summed E-state index contributed by atoms with van der Waals surface area (Å²) in [6.07, 6.45) is 4.81. The van der Waals surface area contributed by atoms with Crippen LogP contribution in [-0.4, -0.2) is 44.6 Å². The van der Waals surface area contributed by atoms with Crippen LogP contribution in [0.25, 0.3) is 0 Å². The van der Waals surface area contributed by atoms with Crippen molar-refractivity contribution in [3.8, 4) is 0 Å². The van der Waals surface area contributed by atoms with Crippen molar-refractivity contribution in [2.45, 2.75) is 43.6 Å². The monoisotopic (exact) mass is 354 g/mol. The van der Waals surface area contributed by atoms with E-state index >= 15 is 0 Å². The Balaban J connectivity index is 1.83. The first kappa shape index (κ1) is 17.4. The van der Waals surface area contributed by atoms with Crippen LogP contribution in [0.5, 0.6) is 0 Å². The molecule has 5 nitrogen and oxygen atoms in total. The summed E-state index contributed by atoms with van der Waals surface area (Å²) in [6.45, 7) is 0.852. The number of hydrogen-bond donors (Lipinski definition) is 1. The molecule has 1 atom stereocenters. The molecule has 1 N–H and O–H groups in total. The Morgan fingerprint density at radius 3 is 2.58 bits per heavy atom. The van der Waals surface area contributed by atoms with Crippen molar-refractivity contribution in [3.63, 3.8) is 0 Å². The number of nitrogens with one attached hydrogen (secondary N) is 1. The van der Waals surface area contributed by atoms with E-state index in [2.05, 4.69) is 4.72 Å². The third-order valence-corrected chi connectivity index (χ3v) is 5.87. The Bertz CT molecular complexity index is 729. The molecule has 3 rings (SSSR count). The minimum atomic E-state index is -3.30. The third kappa shape index (κ3) is 3.32. The molecule has 0 spiro atoms. The minimum absolute atomic E-state index is 0.0668. The summed E-state index contributed by atoms with van der Waals surface area (Å²) < 4.78 is 39.7. The van der Waals surface area contributed by atoms with E-state index in [1.807, 2.05) is 0 Å². The van der Waals surface area contributed by atoms with Gasteiger partial charge in [0.15, 0.2) is 0 Å². The number of likely N-dealkylation sites (tertiary alicyclic amines) is 1. The molecule has 1 aromatic carbocycles. The molecule has 0 bridgehead atoms. The van der Waals surface area contributed by atoms with E-state index in [9.17, 15) is 17.6 Å². The highest BCUT2D eigenvalue weighted by molar-refractivity contribution is 7.88. The van der Waals surface area contributed by atoms with Crippen LogP contribution in [0.4, 0.5) is 4.39 Å². The van der Waals surface area contributed by atoms with Crippen molar-refractivity contribution in [1.29, 1.82) is 0 Å². The lowest BCUT2D eigenvalue weighted by molar-refractivity contribution is -0.136. The number of carbonyl (C=O) groups excluding carboxylic acids is 1. The molecule has 2 fully saturated rings. The number of benzene rings is 1. The predicted molar refractivity (Wildman–Crippen MR) is 89.5 cm³/mol. The maximum atomic E-state index is 14.4. The Labute approximate surface area is 142 Å². The second-order valence-electron chi connectivity index (χ2n) is 6.90. The molecule has 24 heavy (non-hydrogen) atoms. The number of hydrogen-bond acceptors (Lipinski definition) is 3. The summed E-state index contributed by atoms with van der Waals surface area (Å²) in [7, 11) is -3.30. The predicted octanol–water partition coefficient (Wildman–Crippen LogP) is 1.79. The summed E-state index contributed by atoms with van der Waals surface area (Å²) in [5.74, 6) is -0.402. The van der Waals surface area contributed by atoms with Crippen molar-refractivity contribution in [1.82, 2.24) is 9.62 Å². The number of sulfonamides is 1. The van der Waals surface area contributed by atoms with Crippen molar-refractivity contribution < 1.29 is 17.6 Å². The SMILES string of the molecule is CS(=O)(=O)NC1CCN(C(=O)C2(c3ccccc3F)CCCC2)C1. The van der Waals surface area contributed by atoms with Crippen LogP contribution in [0, 0.1) is 5.82 Å². The zero-order chi connectivity index (χ0) is 17.4. The summed E-state index contributed by atoms with van der Waals surface area (Å²) in [5, 5.41) is 0. The first-order valence-corrected chi connectivity index (χ1v) is 10.2. The molecule has 1 aliphatic carbocycles. The normalized spacial score (nSPS) is 23.6. The van der Waals surface area contributed by atoms with Gasteiger partial charge in [-0.2, -0.15) is 0 Å². The van der Waals surface area contributed by atoms with Crippen molar-refractivity contribution in [3.05, 3.63) is 35.6 Å². The van der Waals surface area contributed by atoms with Gasteiger partial charge in [0, 0.05) is 24.7 Å². The van der Waals surface area contributed by atoms with E-state index in [1.165, 1.54) is 6.07 Å². The maximum absolute atomic E-state index is 14.4. The molecule has 1 aromatic rings. The summed E-state index contributed by atoms with van der Waals surface area (Å²) >= 11 is 0. The molecule has 0 aromatic heterocycles. The highest BCUT2D eigenvalue weighted by Gasteiger charge is 2.47. The van der Waals surface area contributed by atoms with E-state index in [0.29, 0.717) is 37.9 Å². The summed E-state index contributed by atoms with van der Waals surface area (Å²) in [6, 6.07) is 6.25. The molecular weight excluding hydrogens is 331 g/mol. The van der Waals surface area contributed by atoms with Crippen molar-refractivity contribution in [2.24, 2.45) is 0 Å². The lowest BCUT2D eigenvalue weighted by Crippen LogP contribution is -2.46. The molecule has 1 saturated heterocycles. The summed E-state index contributed by atoms with van der Waals surface area (Å²) in [5.41, 5.74) is -0.322. The Kier molecular flexibility index (Phi) is 4.66. The molecular formula is C17H23FN2O3S. The molecule has 2 aliphatic rings. The first-order chi connectivity index (χ1) is 11.3. The third-order valence-electron chi connectivity index (χ3n) is 5.11. The van der Waals surface area contributed by atoms with Gasteiger partial charge in [-0.1, -0.05) is 31.0 Å². The molecule has 1 aliphatic heterocycles. The smallest absolute Gasteiger partial charge is 0.233 e. The fraction of sp³-hybridized carbons (Fsp3) is 0.588. The Morgan fingerprint density at radius 2 is 1.96 bits per heavy atom. The lowest BCUT2D eigenvalue weighted by atomic mass is 9.77. The fourth-order valence-electron chi connectivity index (χ4n) is 4.07.